The summed E-state index contributed by atoms with van der Waals surface area (Å²) in [5.74, 6) is 0.903. The number of carbonyl (C=O) groups is 1. The number of hydrogen-bond acceptors (Lipinski definition) is 3. The van der Waals surface area contributed by atoms with Crippen LogP contribution in [-0.2, 0) is 24.3 Å². The first kappa shape index (κ1) is 24.4. The first-order valence-corrected chi connectivity index (χ1v) is 12.2. The molecular weight excluding hydrogens is 465 g/mol. The van der Waals surface area contributed by atoms with Crippen molar-refractivity contribution in [2.45, 2.75) is 38.0 Å². The lowest BCUT2D eigenvalue weighted by Gasteiger charge is -2.32. The highest BCUT2D eigenvalue weighted by Gasteiger charge is 2.43. The zero-order valence-corrected chi connectivity index (χ0v) is 20.1. The van der Waals surface area contributed by atoms with Crippen molar-refractivity contribution in [2.24, 2.45) is 5.92 Å². The van der Waals surface area contributed by atoms with Crippen molar-refractivity contribution in [3.05, 3.63) is 89.0 Å². The molecule has 0 spiro atoms. The molecule has 2 atom stereocenters. The van der Waals surface area contributed by atoms with Crippen LogP contribution in [0, 0.1) is 5.92 Å². The maximum Gasteiger partial charge on any atom is 0.401 e. The summed E-state index contributed by atoms with van der Waals surface area (Å²) in [6.07, 6.45) is -2.92. The van der Waals surface area contributed by atoms with Crippen LogP contribution in [-0.4, -0.2) is 37.2 Å². The average Bonchev–Trinajstić information content (AvgIpc) is 3.68. The van der Waals surface area contributed by atoms with Crippen molar-refractivity contribution in [1.82, 2.24) is 10.2 Å². The molecule has 1 amide bonds. The summed E-state index contributed by atoms with van der Waals surface area (Å²) < 4.78 is 44.8. The van der Waals surface area contributed by atoms with Gasteiger partial charge in [-0.05, 0) is 64.3 Å². The second-order valence-corrected chi connectivity index (χ2v) is 9.61. The van der Waals surface area contributed by atoms with Gasteiger partial charge in [0.15, 0.2) is 0 Å². The first-order valence-electron chi connectivity index (χ1n) is 12.2. The van der Waals surface area contributed by atoms with Crippen LogP contribution < -0.4 is 10.1 Å². The number of nitrogens with one attached hydrogen (secondary N) is 1. The van der Waals surface area contributed by atoms with Gasteiger partial charge in [0, 0.05) is 25.6 Å². The van der Waals surface area contributed by atoms with Crippen molar-refractivity contribution in [1.29, 1.82) is 0 Å². The van der Waals surface area contributed by atoms with Gasteiger partial charge in [0.25, 0.3) is 0 Å². The fourth-order valence-corrected chi connectivity index (χ4v) is 5.28. The van der Waals surface area contributed by atoms with Crippen molar-refractivity contribution in [3.63, 3.8) is 0 Å². The maximum absolute atomic E-state index is 13.2. The molecule has 0 saturated heterocycles. The van der Waals surface area contributed by atoms with Gasteiger partial charge in [0.05, 0.1) is 13.7 Å². The Hall–Kier alpha value is -3.32. The summed E-state index contributed by atoms with van der Waals surface area (Å²) in [7, 11) is 1.61. The summed E-state index contributed by atoms with van der Waals surface area (Å²) in [6, 6.07) is 21.7. The summed E-state index contributed by atoms with van der Waals surface area (Å²) in [4.78, 5) is 14.3. The Morgan fingerprint density at radius 3 is 2.61 bits per heavy atom. The fraction of sp³-hybridized carbons (Fsp3) is 0.345. The summed E-state index contributed by atoms with van der Waals surface area (Å²) >= 11 is 0. The van der Waals surface area contributed by atoms with Crippen LogP contribution in [0.25, 0.3) is 11.1 Å². The van der Waals surface area contributed by atoms with Gasteiger partial charge in [-0.3, -0.25) is 9.69 Å². The minimum atomic E-state index is -4.26. The molecule has 1 N–H and O–H groups in total. The number of rotatable bonds is 7. The fourth-order valence-electron chi connectivity index (χ4n) is 5.28. The third-order valence-electron chi connectivity index (χ3n) is 7.18. The summed E-state index contributed by atoms with van der Waals surface area (Å²) in [5.41, 5.74) is 5.92. The molecule has 4 nitrogen and oxygen atoms in total. The molecule has 0 radical (unpaired) electrons. The molecule has 1 aliphatic carbocycles. The second-order valence-electron chi connectivity index (χ2n) is 9.61. The van der Waals surface area contributed by atoms with Gasteiger partial charge in [-0.2, -0.15) is 13.2 Å². The molecule has 0 aromatic heterocycles. The number of hydrogen-bond donors (Lipinski definition) is 1. The normalized spacial score (nSPS) is 19.4. The number of halogens is 3. The van der Waals surface area contributed by atoms with E-state index in [0.717, 1.165) is 40.0 Å². The van der Waals surface area contributed by atoms with Gasteiger partial charge in [-0.25, -0.2) is 0 Å². The molecule has 7 heteroatoms. The van der Waals surface area contributed by atoms with E-state index in [0.29, 0.717) is 19.5 Å². The van der Waals surface area contributed by atoms with Gasteiger partial charge in [0.1, 0.15) is 5.75 Å². The molecule has 1 aliphatic heterocycles. The molecule has 2 aliphatic rings. The number of ether oxygens (including phenoxy) is 1. The zero-order chi connectivity index (χ0) is 25.3. The Labute approximate surface area is 209 Å². The van der Waals surface area contributed by atoms with Gasteiger partial charge >= 0.3 is 6.18 Å². The highest BCUT2D eigenvalue weighted by molar-refractivity contribution is 5.83. The van der Waals surface area contributed by atoms with Crippen LogP contribution >= 0.6 is 0 Å². The summed E-state index contributed by atoms with van der Waals surface area (Å²) in [6.45, 7) is -0.103. The number of fused-ring (bicyclic) bond motifs is 1. The quantitative estimate of drug-likeness (QED) is 0.458. The lowest BCUT2D eigenvalue weighted by Crippen LogP contribution is -2.39. The predicted octanol–water partition coefficient (Wildman–Crippen LogP) is 5.70. The van der Waals surface area contributed by atoms with E-state index in [-0.39, 0.29) is 24.3 Å². The van der Waals surface area contributed by atoms with E-state index in [9.17, 15) is 18.0 Å². The van der Waals surface area contributed by atoms with Crippen LogP contribution in [0.15, 0.2) is 66.7 Å². The average molecular weight is 495 g/mol. The smallest absolute Gasteiger partial charge is 0.401 e. The van der Waals surface area contributed by atoms with Crippen molar-refractivity contribution in [3.8, 4) is 16.9 Å². The van der Waals surface area contributed by atoms with E-state index < -0.39 is 12.7 Å². The Morgan fingerprint density at radius 2 is 1.86 bits per heavy atom. The third-order valence-corrected chi connectivity index (χ3v) is 7.18. The van der Waals surface area contributed by atoms with Crippen LogP contribution in [0.3, 0.4) is 0 Å². The number of amides is 1. The lowest BCUT2D eigenvalue weighted by molar-refractivity contribution is -0.147. The third kappa shape index (κ3) is 5.41. The van der Waals surface area contributed by atoms with E-state index >= 15 is 0 Å². The molecule has 3 aromatic carbocycles. The number of nitrogens with zero attached hydrogens (tertiary/aromatic N) is 1. The molecule has 0 unspecified atom stereocenters. The van der Waals surface area contributed by atoms with Crippen molar-refractivity contribution >= 4 is 5.91 Å². The van der Waals surface area contributed by atoms with E-state index in [1.807, 2.05) is 66.7 Å². The topological polar surface area (TPSA) is 41.6 Å². The standard InChI is InChI=1S/C29H29F3N2O2/c1-36-22-9-5-8-20(14-22)23-11-10-21(27-17-34(13-12-24(23)27)18-29(30,31)32)16-33-28(35)26-15-25(26)19-6-3-2-4-7-19/h2-11,14,25-26H,12-13,15-18H2,1H3,(H,33,35)/t25-,26-/m0/s1. The zero-order valence-electron chi connectivity index (χ0n) is 20.1. The molecule has 1 heterocycles. The molecule has 36 heavy (non-hydrogen) atoms. The highest BCUT2D eigenvalue weighted by atomic mass is 19.4. The van der Waals surface area contributed by atoms with Crippen molar-refractivity contribution in [2.75, 3.05) is 20.2 Å². The number of carbonyl (C=O) groups excluding carboxylic acids is 1. The molecule has 1 fully saturated rings. The first-order chi connectivity index (χ1) is 17.3. The van der Waals surface area contributed by atoms with E-state index in [1.54, 1.807) is 7.11 Å². The minimum absolute atomic E-state index is 0.00238. The lowest BCUT2D eigenvalue weighted by atomic mass is 9.87. The highest BCUT2D eigenvalue weighted by Crippen LogP contribution is 2.47. The Kier molecular flexibility index (Phi) is 6.75. The van der Waals surface area contributed by atoms with Crippen LogP contribution in [0.2, 0.25) is 0 Å². The second kappa shape index (κ2) is 9.97. The SMILES string of the molecule is COc1cccc(-c2ccc(CNC(=O)[C@H]3C[C@H]3c3ccccc3)c3c2CCN(CC(F)(F)F)C3)c1. The van der Waals surface area contributed by atoms with Crippen molar-refractivity contribution < 1.29 is 22.7 Å². The van der Waals surface area contributed by atoms with E-state index in [4.69, 9.17) is 4.74 Å². The summed E-state index contributed by atoms with van der Waals surface area (Å²) in [5, 5.41) is 3.05. The van der Waals surface area contributed by atoms with Gasteiger partial charge in [-0.15, -0.1) is 0 Å². The predicted molar refractivity (Wildman–Crippen MR) is 133 cm³/mol. The van der Waals surface area contributed by atoms with E-state index in [2.05, 4.69) is 5.32 Å². The molecule has 3 aromatic rings. The monoisotopic (exact) mass is 494 g/mol. The largest absolute Gasteiger partial charge is 0.497 e. The number of methoxy groups -OCH3 is 1. The van der Waals surface area contributed by atoms with Crippen LogP contribution in [0.1, 0.15) is 34.6 Å². The minimum Gasteiger partial charge on any atom is -0.497 e. The number of alkyl halides is 3. The van der Waals surface area contributed by atoms with Crippen LogP contribution in [0.5, 0.6) is 5.75 Å². The molecule has 1 saturated carbocycles. The van der Waals surface area contributed by atoms with Gasteiger partial charge in [0.2, 0.25) is 5.91 Å². The Balaban J connectivity index is 1.38. The van der Waals surface area contributed by atoms with Gasteiger partial charge < -0.3 is 10.1 Å². The molecule has 188 valence electrons. The molecular formula is C29H29F3N2O2. The van der Waals surface area contributed by atoms with Gasteiger partial charge in [-0.1, -0.05) is 54.6 Å². The Bertz CT molecular complexity index is 1240. The maximum atomic E-state index is 13.2. The number of benzene rings is 3. The molecule has 5 rings (SSSR count). The van der Waals surface area contributed by atoms with Crippen LogP contribution in [0.4, 0.5) is 13.2 Å². The Morgan fingerprint density at radius 1 is 1.06 bits per heavy atom. The molecule has 0 bridgehead atoms. The van der Waals surface area contributed by atoms with E-state index in [1.165, 1.54) is 10.5 Å².